The molecule has 0 radical (unpaired) electrons. The first kappa shape index (κ1) is 16.2. The van der Waals surface area contributed by atoms with E-state index in [2.05, 4.69) is 9.55 Å². The van der Waals surface area contributed by atoms with Crippen molar-refractivity contribution in [2.75, 3.05) is 19.5 Å². The zero-order valence-electron chi connectivity index (χ0n) is 13.3. The lowest BCUT2D eigenvalue weighted by molar-refractivity contribution is 0.0501. The molecule has 2 aromatic rings. The number of ether oxygens (including phenoxy) is 1. The summed E-state index contributed by atoms with van der Waals surface area (Å²) < 4.78 is 30.7. The Labute approximate surface area is 137 Å². The molecule has 6 heteroatoms. The van der Waals surface area contributed by atoms with E-state index in [0.29, 0.717) is 10.8 Å². The molecular formula is C17H22N2O3S. The number of aromatic nitrogens is 2. The van der Waals surface area contributed by atoms with Crippen molar-refractivity contribution in [3.63, 3.8) is 0 Å². The molecule has 0 spiro atoms. The number of rotatable bonds is 5. The highest BCUT2D eigenvalue weighted by atomic mass is 32.2. The lowest BCUT2D eigenvalue weighted by Crippen LogP contribution is -2.19. The van der Waals surface area contributed by atoms with Crippen LogP contribution in [0.25, 0.3) is 11.4 Å². The van der Waals surface area contributed by atoms with Crippen molar-refractivity contribution in [2.24, 2.45) is 5.92 Å². The van der Waals surface area contributed by atoms with E-state index in [9.17, 15) is 8.42 Å². The van der Waals surface area contributed by atoms with Crippen LogP contribution in [0.4, 0.5) is 0 Å². The van der Waals surface area contributed by atoms with E-state index in [1.165, 1.54) is 12.7 Å². The highest BCUT2D eigenvalue weighted by Gasteiger charge is 2.15. The van der Waals surface area contributed by atoms with E-state index in [1.807, 2.05) is 18.3 Å². The van der Waals surface area contributed by atoms with Crippen molar-refractivity contribution in [1.82, 2.24) is 9.55 Å². The van der Waals surface area contributed by atoms with Gasteiger partial charge in [0.15, 0.2) is 9.84 Å². The third-order valence-electron chi connectivity index (χ3n) is 4.29. The first-order chi connectivity index (χ1) is 11.0. The van der Waals surface area contributed by atoms with Gasteiger partial charge in [0.2, 0.25) is 0 Å². The van der Waals surface area contributed by atoms with Crippen molar-refractivity contribution in [3.8, 4) is 11.4 Å². The third kappa shape index (κ3) is 4.00. The number of nitrogens with zero attached hydrogens (tertiary/aromatic N) is 2. The Kier molecular flexibility index (Phi) is 4.82. The van der Waals surface area contributed by atoms with Gasteiger partial charge in [-0.15, -0.1) is 0 Å². The monoisotopic (exact) mass is 334 g/mol. The standard InChI is InChI=1S/C17H22N2O3S/c1-23(20,21)16-6-4-15(5-7-16)17-18-9-11-19(17)10-8-14-3-2-12-22-13-14/h4-7,9,11,14H,2-3,8,10,12-13H2,1H3. The molecule has 1 aliphatic heterocycles. The van der Waals surface area contributed by atoms with Gasteiger partial charge in [-0.3, -0.25) is 0 Å². The topological polar surface area (TPSA) is 61.2 Å². The highest BCUT2D eigenvalue weighted by Crippen LogP contribution is 2.22. The van der Waals surface area contributed by atoms with E-state index < -0.39 is 9.84 Å². The molecule has 1 unspecified atom stereocenters. The molecule has 2 heterocycles. The lowest BCUT2D eigenvalue weighted by atomic mass is 9.99. The van der Waals surface area contributed by atoms with Gasteiger partial charge in [-0.1, -0.05) is 0 Å². The Morgan fingerprint density at radius 2 is 2.09 bits per heavy atom. The molecule has 1 fully saturated rings. The van der Waals surface area contributed by atoms with Crippen molar-refractivity contribution in [1.29, 1.82) is 0 Å². The second-order valence-electron chi connectivity index (χ2n) is 6.11. The van der Waals surface area contributed by atoms with E-state index in [1.54, 1.807) is 18.3 Å². The number of hydrogen-bond donors (Lipinski definition) is 0. The number of imidazole rings is 1. The fraction of sp³-hybridized carbons (Fsp3) is 0.471. The normalized spacial score (nSPS) is 18.9. The fourth-order valence-electron chi connectivity index (χ4n) is 2.96. The smallest absolute Gasteiger partial charge is 0.175 e. The van der Waals surface area contributed by atoms with E-state index in [-0.39, 0.29) is 0 Å². The van der Waals surface area contributed by atoms with Crippen LogP contribution in [0.1, 0.15) is 19.3 Å². The third-order valence-corrected chi connectivity index (χ3v) is 5.42. The number of hydrogen-bond acceptors (Lipinski definition) is 4. The first-order valence-electron chi connectivity index (χ1n) is 7.93. The summed E-state index contributed by atoms with van der Waals surface area (Å²) in [5, 5.41) is 0. The summed E-state index contributed by atoms with van der Waals surface area (Å²) in [5.74, 6) is 1.49. The second kappa shape index (κ2) is 6.84. The van der Waals surface area contributed by atoms with Crippen molar-refractivity contribution in [3.05, 3.63) is 36.7 Å². The maximum Gasteiger partial charge on any atom is 0.175 e. The van der Waals surface area contributed by atoms with Crippen molar-refractivity contribution in [2.45, 2.75) is 30.7 Å². The number of aryl methyl sites for hydroxylation is 1. The molecule has 0 bridgehead atoms. The molecule has 23 heavy (non-hydrogen) atoms. The number of sulfone groups is 1. The van der Waals surface area contributed by atoms with Crippen molar-refractivity contribution < 1.29 is 13.2 Å². The minimum atomic E-state index is -3.16. The zero-order valence-corrected chi connectivity index (χ0v) is 14.1. The Bertz CT molecular complexity index is 744. The number of benzene rings is 1. The van der Waals surface area contributed by atoms with Gasteiger partial charge in [-0.05, 0) is 49.4 Å². The van der Waals surface area contributed by atoms with E-state index >= 15 is 0 Å². The van der Waals surface area contributed by atoms with Crippen LogP contribution in [0, 0.1) is 5.92 Å². The Morgan fingerprint density at radius 3 is 2.74 bits per heavy atom. The maximum atomic E-state index is 11.5. The Hall–Kier alpha value is -1.66. The molecule has 1 aromatic carbocycles. The van der Waals surface area contributed by atoms with Crippen LogP contribution in [0.2, 0.25) is 0 Å². The van der Waals surface area contributed by atoms with Gasteiger partial charge in [0.1, 0.15) is 5.82 Å². The summed E-state index contributed by atoms with van der Waals surface area (Å²) in [6, 6.07) is 6.91. The molecule has 0 aliphatic carbocycles. The minimum Gasteiger partial charge on any atom is -0.381 e. The van der Waals surface area contributed by atoms with Crippen LogP contribution in [0.15, 0.2) is 41.6 Å². The van der Waals surface area contributed by atoms with Crippen LogP contribution in [0.5, 0.6) is 0 Å². The molecule has 0 amide bonds. The van der Waals surface area contributed by atoms with Gasteiger partial charge < -0.3 is 9.30 Å². The predicted molar refractivity (Wildman–Crippen MR) is 88.9 cm³/mol. The molecule has 1 saturated heterocycles. The first-order valence-corrected chi connectivity index (χ1v) is 9.82. The average Bonchev–Trinajstić information content (AvgIpc) is 3.02. The Morgan fingerprint density at radius 1 is 1.30 bits per heavy atom. The Balaban J connectivity index is 1.72. The summed E-state index contributed by atoms with van der Waals surface area (Å²) in [7, 11) is -3.16. The van der Waals surface area contributed by atoms with Crippen LogP contribution >= 0.6 is 0 Å². The summed E-state index contributed by atoms with van der Waals surface area (Å²) >= 11 is 0. The molecule has 1 aromatic heterocycles. The molecular weight excluding hydrogens is 312 g/mol. The predicted octanol–water partition coefficient (Wildman–Crippen LogP) is 2.77. The van der Waals surface area contributed by atoms with Gasteiger partial charge in [0.25, 0.3) is 0 Å². The lowest BCUT2D eigenvalue weighted by Gasteiger charge is -2.22. The second-order valence-corrected chi connectivity index (χ2v) is 8.13. The van der Waals surface area contributed by atoms with Crippen molar-refractivity contribution >= 4 is 9.84 Å². The SMILES string of the molecule is CS(=O)(=O)c1ccc(-c2nccn2CCC2CCCOC2)cc1. The molecule has 0 saturated carbocycles. The summed E-state index contributed by atoms with van der Waals surface area (Å²) in [4.78, 5) is 4.76. The molecule has 1 atom stereocenters. The van der Waals surface area contributed by atoms with E-state index in [4.69, 9.17) is 4.74 Å². The molecule has 3 rings (SSSR count). The quantitative estimate of drug-likeness (QED) is 0.843. The van der Waals surface area contributed by atoms with Crippen LogP contribution in [-0.2, 0) is 21.1 Å². The van der Waals surface area contributed by atoms with Gasteiger partial charge in [0, 0.05) is 44.0 Å². The summed E-state index contributed by atoms with van der Waals surface area (Å²) in [6.07, 6.45) is 8.43. The molecule has 1 aliphatic rings. The molecule has 124 valence electrons. The minimum absolute atomic E-state index is 0.332. The largest absolute Gasteiger partial charge is 0.381 e. The van der Waals surface area contributed by atoms with Crippen LogP contribution < -0.4 is 0 Å². The molecule has 5 nitrogen and oxygen atoms in total. The summed E-state index contributed by atoms with van der Waals surface area (Å²) in [5.41, 5.74) is 0.933. The van der Waals surface area contributed by atoms with E-state index in [0.717, 1.165) is 44.0 Å². The maximum absolute atomic E-state index is 11.5. The van der Waals surface area contributed by atoms with Gasteiger partial charge in [0.05, 0.1) is 4.90 Å². The molecule has 0 N–H and O–H groups in total. The van der Waals surface area contributed by atoms with Gasteiger partial charge in [-0.2, -0.15) is 0 Å². The highest BCUT2D eigenvalue weighted by molar-refractivity contribution is 7.90. The average molecular weight is 334 g/mol. The van der Waals surface area contributed by atoms with Gasteiger partial charge in [-0.25, -0.2) is 13.4 Å². The fourth-order valence-corrected chi connectivity index (χ4v) is 3.59. The van der Waals surface area contributed by atoms with Gasteiger partial charge >= 0.3 is 0 Å². The summed E-state index contributed by atoms with van der Waals surface area (Å²) in [6.45, 7) is 2.64. The van der Waals surface area contributed by atoms with Crippen LogP contribution in [0.3, 0.4) is 0 Å². The van der Waals surface area contributed by atoms with Crippen LogP contribution in [-0.4, -0.2) is 37.4 Å². The zero-order chi connectivity index (χ0) is 16.3.